The van der Waals surface area contributed by atoms with Gasteiger partial charge in [0, 0.05) is 13.1 Å². The number of hydrogen-bond donors (Lipinski definition) is 1. The summed E-state index contributed by atoms with van der Waals surface area (Å²) in [5.74, 6) is 0. The highest BCUT2D eigenvalue weighted by Crippen LogP contribution is 2.26. The zero-order valence-electron chi connectivity index (χ0n) is 11.0. The van der Waals surface area contributed by atoms with Crippen molar-refractivity contribution in [3.8, 4) is 6.07 Å². The van der Waals surface area contributed by atoms with E-state index < -0.39 is 0 Å². The second kappa shape index (κ2) is 5.51. The van der Waals surface area contributed by atoms with Crippen LogP contribution in [0.15, 0.2) is 42.6 Å². The van der Waals surface area contributed by atoms with Gasteiger partial charge in [0.1, 0.15) is 6.07 Å². The molecule has 0 aliphatic rings. The van der Waals surface area contributed by atoms with E-state index in [1.807, 2.05) is 49.2 Å². The van der Waals surface area contributed by atoms with E-state index in [1.165, 1.54) is 0 Å². The van der Waals surface area contributed by atoms with Crippen LogP contribution in [0.2, 0.25) is 0 Å². The van der Waals surface area contributed by atoms with Crippen LogP contribution in [0.5, 0.6) is 0 Å². The number of nitriles is 1. The van der Waals surface area contributed by atoms with Crippen molar-refractivity contribution in [2.75, 3.05) is 11.9 Å². The average molecular weight is 252 g/mol. The number of hydrogen-bond acceptors (Lipinski definition) is 4. The molecule has 1 atom stereocenters. The molecule has 2 aromatic rings. The fraction of sp³-hybridized carbons (Fsp3) is 0.200. The molecule has 0 aliphatic heterocycles. The lowest BCUT2D eigenvalue weighted by Crippen LogP contribution is -2.12. The summed E-state index contributed by atoms with van der Waals surface area (Å²) in [6, 6.07) is 13.5. The summed E-state index contributed by atoms with van der Waals surface area (Å²) < 4.78 is 0. The van der Waals surface area contributed by atoms with Gasteiger partial charge in [-0.05, 0) is 31.2 Å². The van der Waals surface area contributed by atoms with Crippen molar-refractivity contribution in [2.24, 2.45) is 5.73 Å². The number of pyridine rings is 1. The van der Waals surface area contributed by atoms with Gasteiger partial charge in [0.25, 0.3) is 0 Å². The molecule has 1 heterocycles. The molecule has 19 heavy (non-hydrogen) atoms. The van der Waals surface area contributed by atoms with Crippen LogP contribution >= 0.6 is 0 Å². The van der Waals surface area contributed by atoms with Gasteiger partial charge in [0.2, 0.25) is 0 Å². The Hall–Kier alpha value is -2.38. The Morgan fingerprint density at radius 3 is 2.58 bits per heavy atom. The first-order chi connectivity index (χ1) is 9.13. The predicted molar refractivity (Wildman–Crippen MR) is 76.1 cm³/mol. The van der Waals surface area contributed by atoms with Crippen LogP contribution in [0.4, 0.5) is 11.4 Å². The van der Waals surface area contributed by atoms with Gasteiger partial charge < -0.3 is 10.6 Å². The molecule has 0 saturated carbocycles. The lowest BCUT2D eigenvalue weighted by molar-refractivity contribution is 0.781. The van der Waals surface area contributed by atoms with Gasteiger partial charge in [-0.15, -0.1) is 0 Å². The van der Waals surface area contributed by atoms with Crippen LogP contribution in [0.1, 0.15) is 24.2 Å². The summed E-state index contributed by atoms with van der Waals surface area (Å²) in [5, 5.41) is 9.12. The van der Waals surface area contributed by atoms with Crippen LogP contribution in [0, 0.1) is 11.3 Å². The minimum Gasteiger partial charge on any atom is -0.342 e. The number of anilines is 2. The molecule has 4 nitrogen and oxygen atoms in total. The molecule has 0 unspecified atom stereocenters. The van der Waals surface area contributed by atoms with Crippen LogP contribution in [-0.4, -0.2) is 12.0 Å². The molecule has 2 N–H and O–H groups in total. The molecule has 0 bridgehead atoms. The molecule has 1 aromatic heterocycles. The third kappa shape index (κ3) is 2.72. The zero-order valence-corrected chi connectivity index (χ0v) is 11.0. The number of nitrogens with two attached hydrogens (primary N) is 1. The Labute approximate surface area is 113 Å². The smallest absolute Gasteiger partial charge is 0.101 e. The Bertz CT molecular complexity index is 596. The highest BCUT2D eigenvalue weighted by molar-refractivity contribution is 5.68. The van der Waals surface area contributed by atoms with Crippen molar-refractivity contribution in [1.29, 1.82) is 5.26 Å². The zero-order chi connectivity index (χ0) is 13.8. The van der Waals surface area contributed by atoms with E-state index in [9.17, 15) is 0 Å². The van der Waals surface area contributed by atoms with E-state index in [0.29, 0.717) is 5.56 Å². The van der Waals surface area contributed by atoms with Gasteiger partial charge in [0.15, 0.2) is 0 Å². The summed E-state index contributed by atoms with van der Waals surface area (Å²) in [7, 11) is 1.92. The topological polar surface area (TPSA) is 65.9 Å². The summed E-state index contributed by atoms with van der Waals surface area (Å²) in [5.41, 5.74) is 9.05. The van der Waals surface area contributed by atoms with Gasteiger partial charge in [-0.25, -0.2) is 0 Å². The summed E-state index contributed by atoms with van der Waals surface area (Å²) in [6.07, 6.45) is 1.77. The molecular formula is C15H16N4. The number of para-hydroxylation sites is 1. The third-order valence-corrected chi connectivity index (χ3v) is 3.01. The molecule has 1 aromatic carbocycles. The molecular weight excluding hydrogens is 236 g/mol. The fourth-order valence-corrected chi connectivity index (χ4v) is 1.87. The normalized spacial score (nSPS) is 11.7. The van der Waals surface area contributed by atoms with Crippen molar-refractivity contribution in [3.05, 3.63) is 53.9 Å². The van der Waals surface area contributed by atoms with Crippen molar-refractivity contribution in [2.45, 2.75) is 13.0 Å². The van der Waals surface area contributed by atoms with Crippen LogP contribution in [0.3, 0.4) is 0 Å². The maximum atomic E-state index is 9.12. The molecule has 96 valence electrons. The van der Waals surface area contributed by atoms with Gasteiger partial charge in [-0.3, -0.25) is 4.98 Å². The summed E-state index contributed by atoms with van der Waals surface area (Å²) in [4.78, 5) is 6.27. The molecule has 0 spiro atoms. The standard InChI is InChI=1S/C15H16N4/c1-11(17)14-8-7-13(10-18-14)19(2)15-6-4-3-5-12(15)9-16/h3-8,10-11H,17H2,1-2H3/t11-/m0/s1. The predicted octanol–water partition coefficient (Wildman–Crippen LogP) is 2.74. The fourth-order valence-electron chi connectivity index (χ4n) is 1.87. The van der Waals surface area contributed by atoms with Crippen LogP contribution in [-0.2, 0) is 0 Å². The number of nitrogens with zero attached hydrogens (tertiary/aromatic N) is 3. The Balaban J connectivity index is 2.34. The highest BCUT2D eigenvalue weighted by Gasteiger charge is 2.09. The van der Waals surface area contributed by atoms with Gasteiger partial charge >= 0.3 is 0 Å². The summed E-state index contributed by atoms with van der Waals surface area (Å²) in [6.45, 7) is 1.90. The Kier molecular flexibility index (Phi) is 3.79. The largest absolute Gasteiger partial charge is 0.342 e. The Morgan fingerprint density at radius 1 is 1.26 bits per heavy atom. The lowest BCUT2D eigenvalue weighted by Gasteiger charge is -2.20. The number of benzene rings is 1. The molecule has 2 rings (SSSR count). The van der Waals surface area contributed by atoms with Crippen molar-refractivity contribution < 1.29 is 0 Å². The number of rotatable bonds is 3. The lowest BCUT2D eigenvalue weighted by atomic mass is 10.1. The molecule has 0 radical (unpaired) electrons. The van der Waals surface area contributed by atoms with E-state index in [2.05, 4.69) is 11.1 Å². The van der Waals surface area contributed by atoms with Gasteiger partial charge in [-0.1, -0.05) is 12.1 Å². The second-order valence-electron chi connectivity index (χ2n) is 4.42. The van der Waals surface area contributed by atoms with Gasteiger partial charge in [0.05, 0.1) is 28.8 Å². The quantitative estimate of drug-likeness (QED) is 0.912. The first kappa shape index (κ1) is 13.1. The van der Waals surface area contributed by atoms with E-state index in [-0.39, 0.29) is 6.04 Å². The minimum atomic E-state index is -0.0780. The maximum Gasteiger partial charge on any atom is 0.101 e. The maximum absolute atomic E-state index is 9.12. The highest BCUT2D eigenvalue weighted by atomic mass is 15.1. The Morgan fingerprint density at radius 2 is 2.00 bits per heavy atom. The van der Waals surface area contributed by atoms with E-state index in [1.54, 1.807) is 12.3 Å². The van der Waals surface area contributed by atoms with E-state index in [4.69, 9.17) is 11.0 Å². The SMILES string of the molecule is C[C@H](N)c1ccc(N(C)c2ccccc2C#N)cn1. The van der Waals surface area contributed by atoms with Gasteiger partial charge in [-0.2, -0.15) is 5.26 Å². The molecule has 0 aliphatic carbocycles. The molecule has 4 heteroatoms. The van der Waals surface area contributed by atoms with E-state index in [0.717, 1.165) is 17.1 Å². The minimum absolute atomic E-state index is 0.0780. The van der Waals surface area contributed by atoms with Crippen LogP contribution in [0.25, 0.3) is 0 Å². The van der Waals surface area contributed by atoms with E-state index >= 15 is 0 Å². The molecule has 0 fully saturated rings. The first-order valence-electron chi connectivity index (χ1n) is 6.08. The molecule has 0 amide bonds. The number of aromatic nitrogens is 1. The third-order valence-electron chi connectivity index (χ3n) is 3.01. The summed E-state index contributed by atoms with van der Waals surface area (Å²) >= 11 is 0. The molecule has 0 saturated heterocycles. The first-order valence-corrected chi connectivity index (χ1v) is 6.08. The van der Waals surface area contributed by atoms with Crippen molar-refractivity contribution in [3.63, 3.8) is 0 Å². The average Bonchev–Trinajstić information content (AvgIpc) is 2.46. The second-order valence-corrected chi connectivity index (χ2v) is 4.42. The van der Waals surface area contributed by atoms with Crippen LogP contribution < -0.4 is 10.6 Å². The monoisotopic (exact) mass is 252 g/mol. The van der Waals surface area contributed by atoms with Crippen molar-refractivity contribution in [1.82, 2.24) is 4.98 Å². The van der Waals surface area contributed by atoms with Crippen molar-refractivity contribution >= 4 is 11.4 Å².